The maximum Gasteiger partial charge on any atom is 0.239 e. The van der Waals surface area contributed by atoms with Crippen LogP contribution in [0.2, 0.25) is 0 Å². The highest BCUT2D eigenvalue weighted by molar-refractivity contribution is 5.88. The zero-order valence-corrected chi connectivity index (χ0v) is 32.5. The van der Waals surface area contributed by atoms with Crippen LogP contribution in [-0.2, 0) is 14.2 Å². The fourth-order valence-electron chi connectivity index (χ4n) is 6.86. The van der Waals surface area contributed by atoms with Gasteiger partial charge >= 0.3 is 0 Å². The van der Waals surface area contributed by atoms with Crippen molar-refractivity contribution in [3.63, 3.8) is 0 Å². The van der Waals surface area contributed by atoms with Crippen LogP contribution in [-0.4, -0.2) is 134 Å². The number of phenolic OH excluding ortho intramolecular Hbond substituents is 7. The molecule has 0 spiro atoms. The number of aliphatic hydroxyl groups is 6. The van der Waals surface area contributed by atoms with E-state index in [9.17, 15) is 76.0 Å². The van der Waals surface area contributed by atoms with E-state index in [-0.39, 0.29) is 45.1 Å². The summed E-state index contributed by atoms with van der Waals surface area (Å²) in [5.41, 5.74) is -1.06. The molecule has 2 aromatic heterocycles. The Hall–Kier alpha value is -6.66. The monoisotopic (exact) mass is 880 g/mol. The van der Waals surface area contributed by atoms with Gasteiger partial charge in [-0.05, 0) is 49.4 Å². The number of aliphatic hydroxyl groups excluding tert-OH is 6. The maximum absolute atomic E-state index is 13.6. The van der Waals surface area contributed by atoms with E-state index < -0.39 is 119 Å². The molecule has 4 aromatic carbocycles. The van der Waals surface area contributed by atoms with Gasteiger partial charge in [0.15, 0.2) is 29.0 Å². The number of fused-ring (bicyclic) bond motifs is 2. The molecular weight excluding hydrogens is 840 g/mol. The maximum atomic E-state index is 13.6. The second kappa shape index (κ2) is 17.6. The molecule has 63 heavy (non-hydrogen) atoms. The summed E-state index contributed by atoms with van der Waals surface area (Å²) in [6.45, 7) is 0.818. The van der Waals surface area contributed by atoms with Crippen molar-refractivity contribution in [3.05, 3.63) is 93.2 Å². The summed E-state index contributed by atoms with van der Waals surface area (Å²) in [7, 11) is 0. The van der Waals surface area contributed by atoms with E-state index in [0.29, 0.717) is 5.56 Å². The average molecular weight is 881 g/mol. The number of benzene rings is 4. The number of rotatable bonds is 7. The molecular formula is C42H40O21. The summed E-state index contributed by atoms with van der Waals surface area (Å²) in [6.07, 6.45) is -16.2. The van der Waals surface area contributed by atoms with Crippen molar-refractivity contribution >= 4 is 21.9 Å². The molecule has 0 radical (unpaired) electrons. The molecule has 0 saturated carbocycles. The second-order valence-corrected chi connectivity index (χ2v) is 14.6. The molecule has 21 heteroatoms. The zero-order valence-electron chi connectivity index (χ0n) is 32.5. The van der Waals surface area contributed by atoms with Crippen LogP contribution in [0.5, 0.6) is 46.0 Å². The van der Waals surface area contributed by atoms with Gasteiger partial charge in [-0.2, -0.15) is 0 Å². The van der Waals surface area contributed by atoms with Crippen molar-refractivity contribution in [2.45, 2.75) is 68.3 Å². The van der Waals surface area contributed by atoms with Gasteiger partial charge in [0.05, 0.1) is 12.7 Å². The fraction of sp³-hybridized carbons (Fsp3) is 0.286. The van der Waals surface area contributed by atoms with E-state index in [1.807, 2.05) is 0 Å². The quantitative estimate of drug-likeness (QED) is 0.0990. The van der Waals surface area contributed by atoms with Crippen molar-refractivity contribution in [1.29, 1.82) is 0 Å². The van der Waals surface area contributed by atoms with Crippen LogP contribution in [0.15, 0.2) is 91.2 Å². The van der Waals surface area contributed by atoms with Crippen LogP contribution in [0, 0.1) is 0 Å². The van der Waals surface area contributed by atoms with Gasteiger partial charge in [-0.25, -0.2) is 0 Å². The normalized spacial score (nSPS) is 26.0. The van der Waals surface area contributed by atoms with Crippen LogP contribution in [0.25, 0.3) is 44.6 Å². The lowest BCUT2D eigenvalue weighted by Gasteiger charge is -2.42. The van der Waals surface area contributed by atoms with E-state index in [1.165, 1.54) is 37.3 Å². The summed E-state index contributed by atoms with van der Waals surface area (Å²) in [4.78, 5) is 25.6. The van der Waals surface area contributed by atoms with Gasteiger partial charge < -0.3 is 94.2 Å². The Bertz CT molecular complexity index is 2750. The largest absolute Gasteiger partial charge is 0.508 e. The van der Waals surface area contributed by atoms with Crippen molar-refractivity contribution in [3.8, 4) is 68.6 Å². The Morgan fingerprint density at radius 2 is 1.13 bits per heavy atom. The number of phenols is 7. The smallest absolute Gasteiger partial charge is 0.239 e. The Balaban J connectivity index is 0.000000247. The van der Waals surface area contributed by atoms with Crippen molar-refractivity contribution in [1.82, 2.24) is 0 Å². The highest BCUT2D eigenvalue weighted by atomic mass is 16.7. The summed E-state index contributed by atoms with van der Waals surface area (Å²) >= 11 is 0. The van der Waals surface area contributed by atoms with Crippen molar-refractivity contribution < 1.29 is 94.2 Å². The highest BCUT2D eigenvalue weighted by Crippen LogP contribution is 2.40. The third-order valence-electron chi connectivity index (χ3n) is 10.2. The lowest BCUT2D eigenvalue weighted by atomic mass is 9.98. The minimum atomic E-state index is -1.97. The first-order chi connectivity index (χ1) is 29.8. The molecule has 0 amide bonds. The van der Waals surface area contributed by atoms with Gasteiger partial charge in [0.2, 0.25) is 17.5 Å². The predicted octanol–water partition coefficient (Wildman–Crippen LogP) is 0.890. The molecule has 21 nitrogen and oxygen atoms in total. The van der Waals surface area contributed by atoms with Crippen LogP contribution in [0.1, 0.15) is 6.92 Å². The van der Waals surface area contributed by atoms with Crippen LogP contribution < -0.4 is 15.6 Å². The molecule has 8 rings (SSSR count). The molecule has 10 atom stereocenters. The fourth-order valence-corrected chi connectivity index (χ4v) is 6.86. The number of hydrogen-bond acceptors (Lipinski definition) is 21. The standard InChI is InChI=1S/C27H30O16.C15H10O5/c1-8-17(32)20(35)22(37)26(40-8)39-7-15-18(33)21(36)23(38)27(42-15)43-25-19(34)16-13(31)5-10(28)6-14(16)41-24(25)9-2-3-11(29)12(30)4-9;16-9-3-1-8(2-4-9)13-7-12(19)15-11(18)5-10(17)6-14(15)20-13/h2-6,8,15,17-18,20-23,26-33,35-38H,7H2,1H3;1-7,16-18H/t8-,15+,17-,18+,20+,21-,22+,23+,26+,27-;/m0./s1. The molecule has 0 unspecified atom stereocenters. The Morgan fingerprint density at radius 3 is 1.78 bits per heavy atom. The molecule has 2 saturated heterocycles. The molecule has 6 aromatic rings. The van der Waals surface area contributed by atoms with E-state index in [2.05, 4.69) is 0 Å². The van der Waals surface area contributed by atoms with Gasteiger partial charge in [0.1, 0.15) is 99.2 Å². The first kappa shape index (κ1) is 44.4. The second-order valence-electron chi connectivity index (χ2n) is 14.6. The van der Waals surface area contributed by atoms with Crippen LogP contribution in [0.3, 0.4) is 0 Å². The third-order valence-corrected chi connectivity index (χ3v) is 10.2. The predicted molar refractivity (Wildman–Crippen MR) is 213 cm³/mol. The summed E-state index contributed by atoms with van der Waals surface area (Å²) in [5.74, 6) is -3.46. The van der Waals surface area contributed by atoms with Crippen molar-refractivity contribution in [2.75, 3.05) is 6.61 Å². The summed E-state index contributed by atoms with van der Waals surface area (Å²) < 4.78 is 33.3. The topological polar surface area (TPSA) is 360 Å². The van der Waals surface area contributed by atoms with Crippen LogP contribution >= 0.6 is 0 Å². The molecule has 0 aliphatic carbocycles. The molecule has 334 valence electrons. The molecule has 13 N–H and O–H groups in total. The Labute approximate surface area is 352 Å². The van der Waals surface area contributed by atoms with E-state index >= 15 is 0 Å². The first-order valence-corrected chi connectivity index (χ1v) is 18.8. The van der Waals surface area contributed by atoms with E-state index in [1.54, 1.807) is 12.1 Å². The van der Waals surface area contributed by atoms with Gasteiger partial charge in [-0.3, -0.25) is 9.59 Å². The average Bonchev–Trinajstić information content (AvgIpc) is 3.23. The van der Waals surface area contributed by atoms with Crippen LogP contribution in [0.4, 0.5) is 0 Å². The molecule has 0 bridgehead atoms. The number of aromatic hydroxyl groups is 7. The molecule has 2 aliphatic heterocycles. The highest BCUT2D eigenvalue weighted by Gasteiger charge is 2.48. The van der Waals surface area contributed by atoms with E-state index in [4.69, 9.17) is 27.8 Å². The lowest BCUT2D eigenvalue weighted by molar-refractivity contribution is -0.318. The third kappa shape index (κ3) is 8.86. The Kier molecular flexibility index (Phi) is 12.4. The lowest BCUT2D eigenvalue weighted by Crippen LogP contribution is -2.61. The van der Waals surface area contributed by atoms with Gasteiger partial charge in [-0.15, -0.1) is 0 Å². The first-order valence-electron chi connectivity index (χ1n) is 18.8. The molecule has 2 fully saturated rings. The molecule has 4 heterocycles. The summed E-state index contributed by atoms with van der Waals surface area (Å²) in [5, 5.41) is 130. The zero-order chi connectivity index (χ0) is 45.6. The van der Waals surface area contributed by atoms with Crippen molar-refractivity contribution in [2.24, 2.45) is 0 Å². The number of ether oxygens (including phenoxy) is 4. The Morgan fingerprint density at radius 1 is 0.540 bits per heavy atom. The SMILES string of the molecule is C[C@@H]1O[C@@H](OC[C@H]2O[C@@H](Oc3c(-c4ccc(O)c(O)c4)oc4cc(O)cc(O)c4c3=O)[C@H](O)[C@@H](O)[C@@H]2O)[C@H](O)[C@H](O)[C@H]1O.O=c1cc(-c2ccc(O)cc2)oc2cc(O)cc(O)c12. The molecule has 2 aliphatic rings. The number of hydrogen-bond donors (Lipinski definition) is 13. The minimum absolute atomic E-state index is 0.0188. The summed E-state index contributed by atoms with van der Waals surface area (Å²) in [6, 6.07) is 15.0. The van der Waals surface area contributed by atoms with Gasteiger partial charge in [-0.1, -0.05) is 0 Å². The van der Waals surface area contributed by atoms with E-state index in [0.717, 1.165) is 30.3 Å². The van der Waals surface area contributed by atoms with Gasteiger partial charge in [0.25, 0.3) is 0 Å². The minimum Gasteiger partial charge on any atom is -0.508 e. The van der Waals surface area contributed by atoms with Gasteiger partial charge in [0, 0.05) is 41.5 Å².